The van der Waals surface area contributed by atoms with Gasteiger partial charge in [-0.15, -0.1) is 0 Å². The van der Waals surface area contributed by atoms with Gasteiger partial charge in [0.25, 0.3) is 0 Å². The summed E-state index contributed by atoms with van der Waals surface area (Å²) in [5.74, 6) is 0. The van der Waals surface area contributed by atoms with Crippen LogP contribution in [0.15, 0.2) is 30.3 Å². The molecule has 0 unspecified atom stereocenters. The van der Waals surface area contributed by atoms with Crippen LogP contribution < -0.4 is 0 Å². The van der Waals surface area contributed by atoms with Crippen LogP contribution in [0.5, 0.6) is 0 Å². The molecular formula is C18H25NO4. The number of hydrogen-bond acceptors (Lipinski definition) is 4. The number of benzene rings is 1. The highest BCUT2D eigenvalue weighted by Gasteiger charge is 2.51. The molecule has 1 aromatic rings. The molecule has 0 spiro atoms. The first-order valence-electron chi connectivity index (χ1n) is 7.84. The Kier molecular flexibility index (Phi) is 4.80. The third-order valence-electron chi connectivity index (χ3n) is 3.71. The van der Waals surface area contributed by atoms with Crippen LogP contribution in [0.2, 0.25) is 0 Å². The molecule has 1 aliphatic rings. The van der Waals surface area contributed by atoms with Gasteiger partial charge in [0.1, 0.15) is 17.6 Å². The molecule has 1 aromatic carbocycles. The van der Waals surface area contributed by atoms with Crippen molar-refractivity contribution in [2.75, 3.05) is 0 Å². The molecule has 0 N–H and O–H groups in total. The number of carbonyl (C=O) groups excluding carboxylic acids is 2. The minimum Gasteiger partial charge on any atom is -0.444 e. The maximum Gasteiger partial charge on any atom is 0.413 e. The second-order valence-electron chi connectivity index (χ2n) is 7.21. The average Bonchev–Trinajstić information content (AvgIpc) is 2.69. The predicted molar refractivity (Wildman–Crippen MR) is 86.9 cm³/mol. The quantitative estimate of drug-likeness (QED) is 0.797. The lowest BCUT2D eigenvalue weighted by atomic mass is 9.99. The van der Waals surface area contributed by atoms with Crippen LogP contribution >= 0.6 is 0 Å². The molecule has 23 heavy (non-hydrogen) atoms. The fourth-order valence-corrected chi connectivity index (χ4v) is 2.92. The van der Waals surface area contributed by atoms with Gasteiger partial charge >= 0.3 is 6.09 Å². The van der Waals surface area contributed by atoms with Crippen LogP contribution in [0, 0.1) is 0 Å². The van der Waals surface area contributed by atoms with E-state index in [0.717, 1.165) is 11.8 Å². The fraction of sp³-hybridized carbons (Fsp3) is 0.556. The third-order valence-corrected chi connectivity index (χ3v) is 3.71. The molecule has 0 aliphatic carbocycles. The molecule has 0 saturated carbocycles. The summed E-state index contributed by atoms with van der Waals surface area (Å²) in [7, 11) is 0. The highest BCUT2D eigenvalue weighted by Crippen LogP contribution is 2.43. The first-order valence-corrected chi connectivity index (χ1v) is 7.84. The first kappa shape index (κ1) is 17.5. The zero-order valence-electron chi connectivity index (χ0n) is 14.4. The van der Waals surface area contributed by atoms with Crippen LogP contribution in [-0.2, 0) is 14.3 Å². The first-order chi connectivity index (χ1) is 10.7. The normalized spacial score (nSPS) is 23.6. The number of aldehydes is 1. The summed E-state index contributed by atoms with van der Waals surface area (Å²) in [5.41, 5.74) is -0.524. The summed E-state index contributed by atoms with van der Waals surface area (Å²) in [6.45, 7) is 9.12. The number of nitrogens with zero attached hydrogens (tertiary/aromatic N) is 1. The van der Waals surface area contributed by atoms with Crippen molar-refractivity contribution in [2.24, 2.45) is 0 Å². The summed E-state index contributed by atoms with van der Waals surface area (Å²) in [6, 6.07) is 9.25. The zero-order chi connectivity index (χ0) is 17.3. The van der Waals surface area contributed by atoms with Gasteiger partial charge in [-0.25, -0.2) is 4.79 Å². The standard InChI is InChI=1S/C18H25NO4/c1-17(2,3)23-16(21)19-15(13-9-7-6-8-10-13)14(11-12-20)22-18(19,4)5/h6-10,12,14-15H,11H2,1-5H3/t14-,15+/m0/s1. The Morgan fingerprint density at radius 1 is 1.30 bits per heavy atom. The van der Waals surface area contributed by atoms with E-state index in [0.29, 0.717) is 0 Å². The number of carbonyl (C=O) groups is 2. The number of ether oxygens (including phenoxy) is 2. The predicted octanol–water partition coefficient (Wildman–Crippen LogP) is 3.69. The van der Waals surface area contributed by atoms with Crippen molar-refractivity contribution < 1.29 is 19.1 Å². The van der Waals surface area contributed by atoms with E-state index in [1.165, 1.54) is 0 Å². The summed E-state index contributed by atoms with van der Waals surface area (Å²) < 4.78 is 11.6. The molecule has 5 nitrogen and oxygen atoms in total. The van der Waals surface area contributed by atoms with Gasteiger partial charge in [0.15, 0.2) is 0 Å². The highest BCUT2D eigenvalue weighted by atomic mass is 16.6. The van der Waals surface area contributed by atoms with E-state index >= 15 is 0 Å². The smallest absolute Gasteiger partial charge is 0.413 e. The number of rotatable bonds is 3. The lowest BCUT2D eigenvalue weighted by Crippen LogP contribution is -2.47. The van der Waals surface area contributed by atoms with Gasteiger partial charge in [-0.1, -0.05) is 30.3 Å². The van der Waals surface area contributed by atoms with Crippen molar-refractivity contribution in [3.05, 3.63) is 35.9 Å². The van der Waals surface area contributed by atoms with Gasteiger partial charge in [0.2, 0.25) is 0 Å². The SMILES string of the molecule is CC(C)(C)OC(=O)N1[C@H](c2ccccc2)[C@H](CC=O)OC1(C)C. The second kappa shape index (κ2) is 6.32. The van der Waals surface area contributed by atoms with Crippen LogP contribution in [0.4, 0.5) is 4.79 Å². The lowest BCUT2D eigenvalue weighted by molar-refractivity contribution is -0.112. The van der Waals surface area contributed by atoms with E-state index in [-0.39, 0.29) is 12.5 Å². The maximum absolute atomic E-state index is 12.7. The molecule has 126 valence electrons. The maximum atomic E-state index is 12.7. The van der Waals surface area contributed by atoms with Gasteiger partial charge in [0.05, 0.1) is 12.1 Å². The van der Waals surface area contributed by atoms with Crippen molar-refractivity contribution in [1.82, 2.24) is 4.90 Å². The monoisotopic (exact) mass is 319 g/mol. The van der Waals surface area contributed by atoms with Crippen molar-refractivity contribution in [3.8, 4) is 0 Å². The van der Waals surface area contributed by atoms with E-state index in [2.05, 4.69) is 0 Å². The summed E-state index contributed by atoms with van der Waals surface area (Å²) in [5, 5.41) is 0. The minimum atomic E-state index is -0.851. The van der Waals surface area contributed by atoms with Crippen molar-refractivity contribution in [3.63, 3.8) is 0 Å². The van der Waals surface area contributed by atoms with E-state index < -0.39 is 23.5 Å². The number of amides is 1. The van der Waals surface area contributed by atoms with E-state index in [4.69, 9.17) is 9.47 Å². The van der Waals surface area contributed by atoms with Gasteiger partial charge in [-0.3, -0.25) is 4.90 Å². The molecular weight excluding hydrogens is 294 g/mol. The van der Waals surface area contributed by atoms with Crippen LogP contribution in [0.25, 0.3) is 0 Å². The van der Waals surface area contributed by atoms with Gasteiger partial charge in [-0.05, 0) is 40.2 Å². The Labute approximate surface area is 137 Å². The van der Waals surface area contributed by atoms with Crippen LogP contribution in [0.3, 0.4) is 0 Å². The minimum absolute atomic E-state index is 0.224. The molecule has 0 aromatic heterocycles. The van der Waals surface area contributed by atoms with Crippen molar-refractivity contribution >= 4 is 12.4 Å². The Bertz CT molecular complexity index is 562. The molecule has 1 amide bonds. The van der Waals surface area contributed by atoms with Crippen molar-refractivity contribution in [1.29, 1.82) is 0 Å². The molecule has 0 bridgehead atoms. The van der Waals surface area contributed by atoms with E-state index in [9.17, 15) is 9.59 Å². The van der Waals surface area contributed by atoms with E-state index in [1.807, 2.05) is 65.0 Å². The summed E-state index contributed by atoms with van der Waals surface area (Å²) in [4.78, 5) is 25.4. The van der Waals surface area contributed by atoms with Gasteiger partial charge in [-0.2, -0.15) is 0 Å². The Hall–Kier alpha value is -1.88. The molecule has 1 fully saturated rings. The summed E-state index contributed by atoms with van der Waals surface area (Å²) in [6.07, 6.45) is 0.222. The van der Waals surface area contributed by atoms with Gasteiger partial charge < -0.3 is 14.3 Å². The lowest BCUT2D eigenvalue weighted by Gasteiger charge is -2.35. The molecule has 0 radical (unpaired) electrons. The molecule has 2 atom stereocenters. The van der Waals surface area contributed by atoms with Crippen LogP contribution in [0.1, 0.15) is 52.6 Å². The third kappa shape index (κ3) is 3.91. The van der Waals surface area contributed by atoms with Crippen LogP contribution in [-0.4, -0.2) is 34.7 Å². The number of hydrogen-bond donors (Lipinski definition) is 0. The molecule has 1 saturated heterocycles. The zero-order valence-corrected chi connectivity index (χ0v) is 14.4. The van der Waals surface area contributed by atoms with Crippen molar-refractivity contribution in [2.45, 2.75) is 64.5 Å². The Morgan fingerprint density at radius 2 is 1.91 bits per heavy atom. The Balaban J connectivity index is 2.41. The summed E-state index contributed by atoms with van der Waals surface area (Å²) >= 11 is 0. The second-order valence-corrected chi connectivity index (χ2v) is 7.21. The highest BCUT2D eigenvalue weighted by molar-refractivity contribution is 5.70. The molecule has 1 aliphatic heterocycles. The topological polar surface area (TPSA) is 55.8 Å². The van der Waals surface area contributed by atoms with E-state index in [1.54, 1.807) is 4.90 Å². The molecule has 1 heterocycles. The van der Waals surface area contributed by atoms with Gasteiger partial charge in [0, 0.05) is 6.42 Å². The fourth-order valence-electron chi connectivity index (χ4n) is 2.92. The molecule has 5 heteroatoms. The largest absolute Gasteiger partial charge is 0.444 e. The molecule has 2 rings (SSSR count). The average molecular weight is 319 g/mol. The Morgan fingerprint density at radius 3 is 2.43 bits per heavy atom.